The lowest BCUT2D eigenvalue weighted by Gasteiger charge is -1.98. The molecule has 0 aliphatic carbocycles. The average molecular weight is 178 g/mol. The summed E-state index contributed by atoms with van der Waals surface area (Å²) in [4.78, 5) is 10.1. The fraction of sp³-hybridized carbons (Fsp3) is 0.100. The fourth-order valence-corrected chi connectivity index (χ4v) is 0.940. The molecule has 0 aromatic heterocycles. The van der Waals surface area contributed by atoms with Crippen LogP contribution in [0.1, 0.15) is 12.5 Å². The standard InChI is InChI=1S/C10H10O3/c1-2-3-8-4-6-9(7-5-8)13-10(11)12/h2-7H,1H3,(H,11,12). The normalized spacial score (nSPS) is 10.2. The third-order valence-electron chi connectivity index (χ3n) is 1.44. The first-order valence-electron chi connectivity index (χ1n) is 3.86. The minimum absolute atomic E-state index is 0.334. The summed E-state index contributed by atoms with van der Waals surface area (Å²) in [5, 5.41) is 8.30. The van der Waals surface area contributed by atoms with Gasteiger partial charge < -0.3 is 9.84 Å². The quantitative estimate of drug-likeness (QED) is 0.559. The Kier molecular flexibility index (Phi) is 3.09. The average Bonchev–Trinajstić information content (AvgIpc) is 2.08. The van der Waals surface area contributed by atoms with Crippen molar-refractivity contribution in [3.8, 4) is 5.75 Å². The van der Waals surface area contributed by atoms with Gasteiger partial charge in [0.1, 0.15) is 5.75 Å². The zero-order valence-corrected chi connectivity index (χ0v) is 7.23. The van der Waals surface area contributed by atoms with Gasteiger partial charge in [-0.05, 0) is 24.6 Å². The largest absolute Gasteiger partial charge is 0.511 e. The number of carbonyl (C=O) groups is 1. The van der Waals surface area contributed by atoms with Crippen molar-refractivity contribution in [3.05, 3.63) is 35.9 Å². The summed E-state index contributed by atoms with van der Waals surface area (Å²) in [6, 6.07) is 6.81. The van der Waals surface area contributed by atoms with Gasteiger partial charge in [0, 0.05) is 0 Å². The zero-order chi connectivity index (χ0) is 9.68. The highest BCUT2D eigenvalue weighted by atomic mass is 16.7. The molecule has 0 bridgehead atoms. The second-order valence-corrected chi connectivity index (χ2v) is 2.44. The van der Waals surface area contributed by atoms with Crippen LogP contribution in [0, 0.1) is 0 Å². The van der Waals surface area contributed by atoms with E-state index in [1.54, 1.807) is 24.3 Å². The van der Waals surface area contributed by atoms with Crippen molar-refractivity contribution in [2.24, 2.45) is 0 Å². The van der Waals surface area contributed by atoms with Crippen LogP contribution in [0.25, 0.3) is 6.08 Å². The van der Waals surface area contributed by atoms with Crippen molar-refractivity contribution in [2.45, 2.75) is 6.92 Å². The Morgan fingerprint density at radius 2 is 2.00 bits per heavy atom. The highest BCUT2D eigenvalue weighted by molar-refractivity contribution is 5.61. The summed E-state index contributed by atoms with van der Waals surface area (Å²) in [5.74, 6) is 0.334. The molecular weight excluding hydrogens is 168 g/mol. The SMILES string of the molecule is CC=Cc1ccc(OC(=O)O)cc1. The molecule has 1 N–H and O–H groups in total. The van der Waals surface area contributed by atoms with Gasteiger partial charge in [0.2, 0.25) is 0 Å². The second kappa shape index (κ2) is 4.30. The number of allylic oxidation sites excluding steroid dienone is 1. The molecule has 0 aliphatic rings. The molecule has 13 heavy (non-hydrogen) atoms. The first kappa shape index (κ1) is 9.32. The van der Waals surface area contributed by atoms with Gasteiger partial charge in [-0.15, -0.1) is 0 Å². The Balaban J connectivity index is 2.75. The topological polar surface area (TPSA) is 46.5 Å². The predicted molar refractivity (Wildman–Crippen MR) is 49.8 cm³/mol. The molecule has 1 aromatic rings. The van der Waals surface area contributed by atoms with Gasteiger partial charge in [0.15, 0.2) is 0 Å². The van der Waals surface area contributed by atoms with Crippen LogP contribution >= 0.6 is 0 Å². The van der Waals surface area contributed by atoms with Gasteiger partial charge in [-0.25, -0.2) is 4.79 Å². The first-order valence-corrected chi connectivity index (χ1v) is 3.86. The van der Waals surface area contributed by atoms with Crippen LogP contribution in [-0.2, 0) is 0 Å². The maximum Gasteiger partial charge on any atom is 0.511 e. The van der Waals surface area contributed by atoms with Crippen LogP contribution in [-0.4, -0.2) is 11.3 Å². The minimum Gasteiger partial charge on any atom is -0.449 e. The van der Waals surface area contributed by atoms with Crippen molar-refractivity contribution in [3.63, 3.8) is 0 Å². The van der Waals surface area contributed by atoms with E-state index in [4.69, 9.17) is 5.11 Å². The first-order chi connectivity index (χ1) is 6.22. The van der Waals surface area contributed by atoms with E-state index < -0.39 is 6.16 Å². The van der Waals surface area contributed by atoms with Crippen LogP contribution in [0.4, 0.5) is 4.79 Å². The summed E-state index contributed by atoms with van der Waals surface area (Å²) in [5.41, 5.74) is 1.01. The highest BCUT2D eigenvalue weighted by Gasteiger charge is 1.98. The molecule has 3 heteroatoms. The Morgan fingerprint density at radius 3 is 2.46 bits per heavy atom. The zero-order valence-electron chi connectivity index (χ0n) is 7.23. The van der Waals surface area contributed by atoms with E-state index >= 15 is 0 Å². The molecule has 1 rings (SSSR count). The van der Waals surface area contributed by atoms with Crippen molar-refractivity contribution < 1.29 is 14.6 Å². The fourth-order valence-electron chi connectivity index (χ4n) is 0.940. The van der Waals surface area contributed by atoms with Crippen molar-refractivity contribution in [1.29, 1.82) is 0 Å². The van der Waals surface area contributed by atoms with E-state index in [0.29, 0.717) is 5.75 Å². The lowest BCUT2D eigenvalue weighted by molar-refractivity contribution is 0.144. The van der Waals surface area contributed by atoms with Crippen LogP contribution in [0.2, 0.25) is 0 Å². The molecule has 0 saturated carbocycles. The Labute approximate surface area is 76.3 Å². The molecule has 0 atom stereocenters. The third-order valence-corrected chi connectivity index (χ3v) is 1.44. The molecule has 0 aliphatic heterocycles. The molecule has 0 radical (unpaired) electrons. The lowest BCUT2D eigenvalue weighted by atomic mass is 10.2. The number of ether oxygens (including phenoxy) is 1. The van der Waals surface area contributed by atoms with E-state index in [1.165, 1.54) is 0 Å². The van der Waals surface area contributed by atoms with Crippen molar-refractivity contribution >= 4 is 12.2 Å². The molecule has 0 amide bonds. The molecule has 0 spiro atoms. The number of carboxylic acid groups (broad SMARTS) is 1. The number of benzene rings is 1. The Morgan fingerprint density at radius 1 is 1.38 bits per heavy atom. The van der Waals surface area contributed by atoms with Crippen LogP contribution in [0.15, 0.2) is 30.3 Å². The maximum absolute atomic E-state index is 10.1. The molecular formula is C10H10O3. The van der Waals surface area contributed by atoms with E-state index in [2.05, 4.69) is 4.74 Å². The smallest absolute Gasteiger partial charge is 0.449 e. The molecule has 0 unspecified atom stereocenters. The summed E-state index contributed by atoms with van der Waals surface area (Å²) >= 11 is 0. The van der Waals surface area contributed by atoms with Gasteiger partial charge in [-0.2, -0.15) is 0 Å². The third kappa shape index (κ3) is 2.99. The maximum atomic E-state index is 10.1. The van der Waals surface area contributed by atoms with E-state index in [0.717, 1.165) is 5.56 Å². The van der Waals surface area contributed by atoms with Gasteiger partial charge in [-0.3, -0.25) is 0 Å². The summed E-state index contributed by atoms with van der Waals surface area (Å²) in [6.07, 6.45) is 2.54. The van der Waals surface area contributed by atoms with Crippen molar-refractivity contribution in [2.75, 3.05) is 0 Å². The van der Waals surface area contributed by atoms with Crippen LogP contribution in [0.3, 0.4) is 0 Å². The number of hydrogen-bond acceptors (Lipinski definition) is 2. The molecule has 0 saturated heterocycles. The van der Waals surface area contributed by atoms with E-state index in [-0.39, 0.29) is 0 Å². The summed E-state index contributed by atoms with van der Waals surface area (Å²) < 4.78 is 4.44. The molecule has 1 aromatic carbocycles. The van der Waals surface area contributed by atoms with E-state index in [1.807, 2.05) is 19.1 Å². The molecule has 3 nitrogen and oxygen atoms in total. The Hall–Kier alpha value is -1.77. The minimum atomic E-state index is -1.29. The van der Waals surface area contributed by atoms with E-state index in [9.17, 15) is 4.79 Å². The molecule has 0 heterocycles. The van der Waals surface area contributed by atoms with Gasteiger partial charge in [0.25, 0.3) is 0 Å². The van der Waals surface area contributed by atoms with Gasteiger partial charge in [-0.1, -0.05) is 24.3 Å². The lowest BCUT2D eigenvalue weighted by Crippen LogP contribution is -2.02. The predicted octanol–water partition coefficient (Wildman–Crippen LogP) is 2.78. The second-order valence-electron chi connectivity index (χ2n) is 2.44. The summed E-state index contributed by atoms with van der Waals surface area (Å²) in [6.45, 7) is 1.92. The van der Waals surface area contributed by atoms with Gasteiger partial charge >= 0.3 is 6.16 Å². The number of hydrogen-bond donors (Lipinski definition) is 1. The van der Waals surface area contributed by atoms with Crippen LogP contribution < -0.4 is 4.74 Å². The highest BCUT2D eigenvalue weighted by Crippen LogP contribution is 2.12. The molecule has 68 valence electrons. The number of rotatable bonds is 2. The van der Waals surface area contributed by atoms with Crippen LogP contribution in [0.5, 0.6) is 5.75 Å². The summed E-state index contributed by atoms with van der Waals surface area (Å²) in [7, 11) is 0. The van der Waals surface area contributed by atoms with Crippen molar-refractivity contribution in [1.82, 2.24) is 0 Å². The van der Waals surface area contributed by atoms with Gasteiger partial charge in [0.05, 0.1) is 0 Å². The monoisotopic (exact) mass is 178 g/mol. The molecule has 0 fully saturated rings. The Bertz CT molecular complexity index is 311.